The average molecular weight is 260 g/mol. The van der Waals surface area contributed by atoms with E-state index in [0.717, 1.165) is 0 Å². The predicted octanol–water partition coefficient (Wildman–Crippen LogP) is 0.530. The molecular weight excluding hydrogens is 244 g/mol. The summed E-state index contributed by atoms with van der Waals surface area (Å²) in [7, 11) is 0. The van der Waals surface area contributed by atoms with E-state index < -0.39 is 18.1 Å². The second kappa shape index (κ2) is 5.09. The van der Waals surface area contributed by atoms with Gasteiger partial charge in [-0.3, -0.25) is 14.3 Å². The SMILES string of the molecule is CC(O)O[C@@H](n1ccc(=O)[nH]c1=S)C(C)(C)O. The number of hydrogen-bond donors (Lipinski definition) is 3. The molecule has 1 heterocycles. The van der Waals surface area contributed by atoms with Crippen LogP contribution in [-0.4, -0.2) is 31.7 Å². The molecule has 7 heteroatoms. The lowest BCUT2D eigenvalue weighted by Gasteiger charge is -2.32. The van der Waals surface area contributed by atoms with Crippen LogP contribution < -0.4 is 5.56 Å². The highest BCUT2D eigenvalue weighted by Gasteiger charge is 2.30. The first-order valence-corrected chi connectivity index (χ1v) is 5.50. The molecule has 0 aromatic carbocycles. The van der Waals surface area contributed by atoms with Crippen LogP contribution in [0, 0.1) is 4.77 Å². The maximum atomic E-state index is 11.0. The number of aromatic amines is 1. The standard InChI is InChI=1S/C10H16N2O4S/c1-6(13)16-8(10(2,3)15)12-5-4-7(14)11-9(12)17/h4-6,8,13,15H,1-3H3,(H,11,14,17)/t6?,8-/m1/s1. The van der Waals surface area contributed by atoms with E-state index in [9.17, 15) is 15.0 Å². The van der Waals surface area contributed by atoms with Gasteiger partial charge in [0.15, 0.2) is 17.3 Å². The van der Waals surface area contributed by atoms with Gasteiger partial charge in [-0.2, -0.15) is 0 Å². The highest BCUT2D eigenvalue weighted by molar-refractivity contribution is 7.71. The molecule has 6 nitrogen and oxygen atoms in total. The molecule has 1 rings (SSSR count). The molecule has 0 saturated heterocycles. The number of rotatable bonds is 4. The number of H-pyrrole nitrogens is 1. The highest BCUT2D eigenvalue weighted by Crippen LogP contribution is 2.24. The van der Waals surface area contributed by atoms with Gasteiger partial charge in [-0.05, 0) is 33.0 Å². The molecule has 0 fully saturated rings. The molecule has 1 unspecified atom stereocenters. The molecule has 3 N–H and O–H groups in total. The van der Waals surface area contributed by atoms with E-state index in [1.54, 1.807) is 0 Å². The molecule has 17 heavy (non-hydrogen) atoms. The zero-order valence-corrected chi connectivity index (χ0v) is 10.7. The largest absolute Gasteiger partial charge is 0.386 e. The summed E-state index contributed by atoms with van der Waals surface area (Å²) in [4.78, 5) is 13.5. The Bertz CT molecular complexity index is 486. The Kier molecular flexibility index (Phi) is 4.21. The zero-order chi connectivity index (χ0) is 13.2. The Hall–Kier alpha value is -1.02. The van der Waals surface area contributed by atoms with Crippen molar-refractivity contribution in [3.63, 3.8) is 0 Å². The zero-order valence-electron chi connectivity index (χ0n) is 9.88. The fourth-order valence-electron chi connectivity index (χ4n) is 1.37. The Morgan fingerprint density at radius 2 is 2.18 bits per heavy atom. The van der Waals surface area contributed by atoms with Gasteiger partial charge in [-0.25, -0.2) is 0 Å². The van der Waals surface area contributed by atoms with E-state index in [2.05, 4.69) is 4.98 Å². The first-order chi connectivity index (χ1) is 7.71. The topological polar surface area (TPSA) is 87.5 Å². The Balaban J connectivity index is 3.22. The highest BCUT2D eigenvalue weighted by atomic mass is 32.1. The van der Waals surface area contributed by atoms with E-state index >= 15 is 0 Å². The van der Waals surface area contributed by atoms with Crippen LogP contribution >= 0.6 is 12.2 Å². The molecule has 96 valence electrons. The molecule has 1 aromatic rings. The Labute approximate surface area is 103 Å². The van der Waals surface area contributed by atoms with Crippen LogP contribution in [0.3, 0.4) is 0 Å². The van der Waals surface area contributed by atoms with Crippen molar-refractivity contribution in [2.75, 3.05) is 0 Å². The smallest absolute Gasteiger partial charge is 0.251 e. The van der Waals surface area contributed by atoms with Crippen molar-refractivity contribution in [2.45, 2.75) is 38.9 Å². The summed E-state index contributed by atoms with van der Waals surface area (Å²) >= 11 is 4.97. The third kappa shape index (κ3) is 3.74. The summed E-state index contributed by atoms with van der Waals surface area (Å²) in [5.74, 6) is 0. The van der Waals surface area contributed by atoms with E-state index in [1.807, 2.05) is 0 Å². The van der Waals surface area contributed by atoms with Crippen LogP contribution in [0.5, 0.6) is 0 Å². The van der Waals surface area contributed by atoms with Crippen molar-refractivity contribution in [3.8, 4) is 0 Å². The van der Waals surface area contributed by atoms with Gasteiger partial charge in [-0.15, -0.1) is 0 Å². The quantitative estimate of drug-likeness (QED) is 0.543. The van der Waals surface area contributed by atoms with Crippen molar-refractivity contribution in [1.82, 2.24) is 9.55 Å². The number of hydrogen-bond acceptors (Lipinski definition) is 5. The lowest BCUT2D eigenvalue weighted by atomic mass is 10.1. The monoisotopic (exact) mass is 260 g/mol. The van der Waals surface area contributed by atoms with Crippen molar-refractivity contribution >= 4 is 12.2 Å². The molecule has 0 saturated carbocycles. The van der Waals surface area contributed by atoms with Crippen molar-refractivity contribution in [1.29, 1.82) is 0 Å². The predicted molar refractivity (Wildman–Crippen MR) is 64.0 cm³/mol. The van der Waals surface area contributed by atoms with Crippen LogP contribution in [-0.2, 0) is 4.74 Å². The van der Waals surface area contributed by atoms with Gasteiger partial charge in [0.2, 0.25) is 0 Å². The first kappa shape index (κ1) is 14.0. The lowest BCUT2D eigenvalue weighted by Crippen LogP contribution is -2.38. The minimum atomic E-state index is -1.27. The van der Waals surface area contributed by atoms with Crippen LogP contribution in [0.4, 0.5) is 0 Å². The second-order valence-electron chi connectivity index (χ2n) is 4.26. The summed E-state index contributed by atoms with van der Waals surface area (Å²) < 4.78 is 6.70. The van der Waals surface area contributed by atoms with Gasteiger partial charge in [0.05, 0.1) is 0 Å². The average Bonchev–Trinajstić information content (AvgIpc) is 2.13. The van der Waals surface area contributed by atoms with Crippen LogP contribution in [0.2, 0.25) is 0 Å². The summed E-state index contributed by atoms with van der Waals surface area (Å²) in [6, 6.07) is 1.26. The van der Waals surface area contributed by atoms with Gasteiger partial charge < -0.3 is 14.9 Å². The van der Waals surface area contributed by atoms with E-state index in [0.29, 0.717) is 0 Å². The van der Waals surface area contributed by atoms with E-state index in [1.165, 1.54) is 37.6 Å². The Morgan fingerprint density at radius 3 is 2.59 bits per heavy atom. The fourth-order valence-corrected chi connectivity index (χ4v) is 1.63. The molecule has 0 aliphatic rings. The van der Waals surface area contributed by atoms with E-state index in [-0.39, 0.29) is 10.3 Å². The fraction of sp³-hybridized carbons (Fsp3) is 0.600. The van der Waals surface area contributed by atoms with Crippen molar-refractivity contribution < 1.29 is 14.9 Å². The molecule has 2 atom stereocenters. The lowest BCUT2D eigenvalue weighted by molar-refractivity contribution is -0.210. The molecule has 0 radical (unpaired) electrons. The van der Waals surface area contributed by atoms with Crippen LogP contribution in [0.1, 0.15) is 27.0 Å². The van der Waals surface area contributed by atoms with Gasteiger partial charge >= 0.3 is 0 Å². The number of nitrogens with one attached hydrogen (secondary N) is 1. The third-order valence-electron chi connectivity index (χ3n) is 2.03. The van der Waals surface area contributed by atoms with Gasteiger partial charge in [0.1, 0.15) is 5.60 Å². The molecule has 0 bridgehead atoms. The summed E-state index contributed by atoms with van der Waals surface area (Å²) in [6.45, 7) is 4.47. The maximum Gasteiger partial charge on any atom is 0.251 e. The van der Waals surface area contributed by atoms with Gasteiger partial charge in [0, 0.05) is 12.3 Å². The van der Waals surface area contributed by atoms with Gasteiger partial charge in [-0.1, -0.05) is 0 Å². The number of ether oxygens (including phenoxy) is 1. The third-order valence-corrected chi connectivity index (χ3v) is 2.35. The molecule has 0 spiro atoms. The molecule has 0 aliphatic carbocycles. The summed E-state index contributed by atoms with van der Waals surface area (Å²) in [6.07, 6.45) is -0.557. The van der Waals surface area contributed by atoms with E-state index in [4.69, 9.17) is 17.0 Å². The molecular formula is C10H16N2O4S. The van der Waals surface area contributed by atoms with Crippen LogP contribution in [0.15, 0.2) is 17.1 Å². The summed E-state index contributed by atoms with van der Waals surface area (Å²) in [5.41, 5.74) is -1.61. The molecule has 0 aliphatic heterocycles. The first-order valence-electron chi connectivity index (χ1n) is 5.09. The number of aliphatic hydroxyl groups is 2. The number of aromatic nitrogens is 2. The molecule has 1 aromatic heterocycles. The molecule has 0 amide bonds. The van der Waals surface area contributed by atoms with Crippen molar-refractivity contribution in [3.05, 3.63) is 27.4 Å². The normalized spacial score (nSPS) is 15.6. The maximum absolute atomic E-state index is 11.0. The summed E-state index contributed by atoms with van der Waals surface area (Å²) in [5, 5.41) is 19.2. The number of aliphatic hydroxyl groups excluding tert-OH is 1. The van der Waals surface area contributed by atoms with Gasteiger partial charge in [0.25, 0.3) is 5.56 Å². The minimum Gasteiger partial charge on any atom is -0.386 e. The minimum absolute atomic E-state index is 0.116. The van der Waals surface area contributed by atoms with Crippen molar-refractivity contribution in [2.24, 2.45) is 0 Å². The van der Waals surface area contributed by atoms with Crippen LogP contribution in [0.25, 0.3) is 0 Å². The Morgan fingerprint density at radius 1 is 1.59 bits per heavy atom. The number of nitrogens with zero attached hydrogens (tertiary/aromatic N) is 1. The second-order valence-corrected chi connectivity index (χ2v) is 4.65.